The first-order valence-corrected chi connectivity index (χ1v) is 3.98. The quantitative estimate of drug-likeness (QED) is 0.772. The van der Waals surface area contributed by atoms with Crippen molar-refractivity contribution in [2.45, 2.75) is 12.2 Å². The molecular formula is C8H7Cl2F4N. The Labute approximate surface area is 94.6 Å². The summed E-state index contributed by atoms with van der Waals surface area (Å²) in [7, 11) is 0. The summed E-state index contributed by atoms with van der Waals surface area (Å²) in [5, 5.41) is -0.373. The summed E-state index contributed by atoms with van der Waals surface area (Å²) in [6.45, 7) is 0. The maximum absolute atomic E-state index is 13.1. The van der Waals surface area contributed by atoms with E-state index >= 15 is 0 Å². The van der Waals surface area contributed by atoms with Gasteiger partial charge in [-0.1, -0.05) is 23.7 Å². The van der Waals surface area contributed by atoms with Crippen LogP contribution in [0.4, 0.5) is 17.6 Å². The van der Waals surface area contributed by atoms with Gasteiger partial charge in [0.25, 0.3) is 0 Å². The number of hydrogen-bond donors (Lipinski definition) is 1. The summed E-state index contributed by atoms with van der Waals surface area (Å²) in [4.78, 5) is 0. The average molecular weight is 264 g/mol. The molecular weight excluding hydrogens is 257 g/mol. The van der Waals surface area contributed by atoms with Crippen molar-refractivity contribution in [2.24, 2.45) is 5.73 Å². The van der Waals surface area contributed by atoms with Crippen molar-refractivity contribution >= 4 is 24.0 Å². The first kappa shape index (κ1) is 14.5. The van der Waals surface area contributed by atoms with Crippen LogP contribution < -0.4 is 5.73 Å². The van der Waals surface area contributed by atoms with Gasteiger partial charge < -0.3 is 5.73 Å². The van der Waals surface area contributed by atoms with Gasteiger partial charge in [-0.25, -0.2) is 4.39 Å². The molecule has 1 aromatic carbocycles. The topological polar surface area (TPSA) is 26.0 Å². The second-order valence-electron chi connectivity index (χ2n) is 2.66. The molecule has 1 nitrogen and oxygen atoms in total. The maximum Gasteiger partial charge on any atom is 0.407 e. The van der Waals surface area contributed by atoms with Crippen LogP contribution in [-0.2, 0) is 0 Å². The van der Waals surface area contributed by atoms with Crippen LogP contribution in [0.1, 0.15) is 11.6 Å². The van der Waals surface area contributed by atoms with Crippen molar-refractivity contribution < 1.29 is 17.6 Å². The van der Waals surface area contributed by atoms with Crippen molar-refractivity contribution in [2.75, 3.05) is 0 Å². The molecule has 0 amide bonds. The fraction of sp³-hybridized carbons (Fsp3) is 0.250. The predicted molar refractivity (Wildman–Crippen MR) is 51.6 cm³/mol. The summed E-state index contributed by atoms with van der Waals surface area (Å²) in [5.41, 5.74) is 4.17. The molecule has 0 unspecified atom stereocenters. The van der Waals surface area contributed by atoms with Crippen LogP contribution >= 0.6 is 24.0 Å². The van der Waals surface area contributed by atoms with E-state index in [-0.39, 0.29) is 17.4 Å². The van der Waals surface area contributed by atoms with E-state index in [1.807, 2.05) is 0 Å². The molecule has 0 bridgehead atoms. The van der Waals surface area contributed by atoms with Gasteiger partial charge in [-0.15, -0.1) is 12.4 Å². The van der Waals surface area contributed by atoms with E-state index in [1.54, 1.807) is 0 Å². The Morgan fingerprint density at radius 3 is 2.27 bits per heavy atom. The van der Waals surface area contributed by atoms with E-state index in [1.165, 1.54) is 6.07 Å². The third-order valence-corrected chi connectivity index (χ3v) is 1.96. The van der Waals surface area contributed by atoms with Gasteiger partial charge in [0.05, 0.1) is 5.02 Å². The minimum absolute atomic E-state index is 0. The Morgan fingerprint density at radius 2 is 1.80 bits per heavy atom. The van der Waals surface area contributed by atoms with Gasteiger partial charge in [0.1, 0.15) is 11.9 Å². The molecule has 1 atom stereocenters. The molecule has 0 saturated carbocycles. The SMILES string of the molecule is Cl.N[C@H](c1cccc(Cl)c1F)C(F)(F)F. The molecule has 0 radical (unpaired) electrons. The standard InChI is InChI=1S/C8H6ClF4N.ClH/c9-5-3-1-2-4(6(5)10)7(14)8(11,12)13;/h1-3,7H,14H2;1H/t7-;/m1./s1. The average Bonchev–Trinajstić information content (AvgIpc) is 2.07. The van der Waals surface area contributed by atoms with Crippen LogP contribution in [0.5, 0.6) is 0 Å². The van der Waals surface area contributed by atoms with Gasteiger partial charge in [0.15, 0.2) is 0 Å². The van der Waals surface area contributed by atoms with E-state index in [9.17, 15) is 17.6 Å². The molecule has 0 aliphatic heterocycles. The molecule has 2 N–H and O–H groups in total. The Kier molecular flexibility index (Phi) is 4.83. The highest BCUT2D eigenvalue weighted by Gasteiger charge is 2.39. The Morgan fingerprint density at radius 1 is 1.27 bits per heavy atom. The number of alkyl halides is 3. The lowest BCUT2D eigenvalue weighted by atomic mass is 10.1. The Hall–Kier alpha value is -0.520. The molecule has 0 aromatic heterocycles. The van der Waals surface area contributed by atoms with Gasteiger partial charge in [-0.3, -0.25) is 0 Å². The number of nitrogens with two attached hydrogens (primary N) is 1. The van der Waals surface area contributed by atoms with Crippen LogP contribution in [0, 0.1) is 5.82 Å². The number of benzene rings is 1. The monoisotopic (exact) mass is 263 g/mol. The second-order valence-corrected chi connectivity index (χ2v) is 3.07. The number of rotatable bonds is 1. The first-order chi connectivity index (χ1) is 6.34. The highest BCUT2D eigenvalue weighted by Crippen LogP contribution is 2.33. The molecule has 86 valence electrons. The van der Waals surface area contributed by atoms with Gasteiger partial charge in [0, 0.05) is 5.56 Å². The van der Waals surface area contributed by atoms with E-state index in [2.05, 4.69) is 0 Å². The van der Waals surface area contributed by atoms with Crippen molar-refractivity contribution in [1.29, 1.82) is 0 Å². The molecule has 0 spiro atoms. The van der Waals surface area contributed by atoms with E-state index < -0.39 is 23.6 Å². The molecule has 0 saturated heterocycles. The lowest BCUT2D eigenvalue weighted by molar-refractivity contribution is -0.149. The van der Waals surface area contributed by atoms with Crippen LogP contribution in [-0.4, -0.2) is 6.18 Å². The highest BCUT2D eigenvalue weighted by molar-refractivity contribution is 6.30. The zero-order valence-electron chi connectivity index (χ0n) is 7.18. The summed E-state index contributed by atoms with van der Waals surface area (Å²) in [5.74, 6) is -1.13. The Bertz CT molecular complexity index is 340. The molecule has 0 aliphatic carbocycles. The summed E-state index contributed by atoms with van der Waals surface area (Å²) in [6, 6.07) is 0.982. The molecule has 0 heterocycles. The van der Waals surface area contributed by atoms with Gasteiger partial charge in [0.2, 0.25) is 0 Å². The van der Waals surface area contributed by atoms with Gasteiger partial charge in [-0.2, -0.15) is 13.2 Å². The third kappa shape index (κ3) is 3.22. The Balaban J connectivity index is 0.00000196. The highest BCUT2D eigenvalue weighted by atomic mass is 35.5. The van der Waals surface area contributed by atoms with Crippen molar-refractivity contribution in [3.8, 4) is 0 Å². The van der Waals surface area contributed by atoms with Crippen LogP contribution in [0.2, 0.25) is 5.02 Å². The molecule has 1 aromatic rings. The number of halogens is 6. The normalized spacial score (nSPS) is 13.2. The maximum atomic E-state index is 13.1. The summed E-state index contributed by atoms with van der Waals surface area (Å²) >= 11 is 5.31. The molecule has 7 heteroatoms. The van der Waals surface area contributed by atoms with Crippen molar-refractivity contribution in [3.63, 3.8) is 0 Å². The second kappa shape index (κ2) is 5.01. The lowest BCUT2D eigenvalue weighted by Gasteiger charge is -2.16. The number of hydrogen-bond acceptors (Lipinski definition) is 1. The molecule has 15 heavy (non-hydrogen) atoms. The molecule has 0 aliphatic rings. The minimum atomic E-state index is -4.68. The zero-order chi connectivity index (χ0) is 10.9. The fourth-order valence-electron chi connectivity index (χ4n) is 0.937. The third-order valence-electron chi connectivity index (χ3n) is 1.67. The smallest absolute Gasteiger partial charge is 0.316 e. The molecule has 1 rings (SSSR count). The van der Waals surface area contributed by atoms with Crippen LogP contribution in [0.25, 0.3) is 0 Å². The molecule has 0 fully saturated rings. The summed E-state index contributed by atoms with van der Waals surface area (Å²) in [6.07, 6.45) is -4.68. The predicted octanol–water partition coefficient (Wildman–Crippen LogP) is 3.46. The minimum Gasteiger partial charge on any atom is -0.316 e. The van der Waals surface area contributed by atoms with E-state index in [0.29, 0.717) is 0 Å². The van der Waals surface area contributed by atoms with Crippen molar-refractivity contribution in [1.82, 2.24) is 0 Å². The van der Waals surface area contributed by atoms with E-state index in [0.717, 1.165) is 12.1 Å². The zero-order valence-corrected chi connectivity index (χ0v) is 8.76. The van der Waals surface area contributed by atoms with E-state index in [4.69, 9.17) is 17.3 Å². The van der Waals surface area contributed by atoms with Crippen molar-refractivity contribution in [3.05, 3.63) is 34.6 Å². The van der Waals surface area contributed by atoms with Gasteiger partial charge >= 0.3 is 6.18 Å². The van der Waals surface area contributed by atoms with Gasteiger partial charge in [-0.05, 0) is 6.07 Å². The fourth-order valence-corrected chi connectivity index (χ4v) is 1.12. The van der Waals surface area contributed by atoms with Crippen LogP contribution in [0.3, 0.4) is 0 Å². The summed E-state index contributed by atoms with van der Waals surface area (Å²) < 4.78 is 49.4. The van der Waals surface area contributed by atoms with Crippen LogP contribution in [0.15, 0.2) is 18.2 Å². The lowest BCUT2D eigenvalue weighted by Crippen LogP contribution is -2.29. The largest absolute Gasteiger partial charge is 0.407 e. The first-order valence-electron chi connectivity index (χ1n) is 3.60.